The van der Waals surface area contributed by atoms with Gasteiger partial charge in [-0.1, -0.05) is 60.7 Å². The van der Waals surface area contributed by atoms with Gasteiger partial charge in [0.05, 0.1) is 6.07 Å². The molecule has 0 atom stereocenters. The average Bonchev–Trinajstić information content (AvgIpc) is 3.06. The van der Waals surface area contributed by atoms with E-state index < -0.39 is 5.41 Å². The highest BCUT2D eigenvalue weighted by Crippen LogP contribution is 2.37. The third kappa shape index (κ3) is 3.94. The summed E-state index contributed by atoms with van der Waals surface area (Å²) in [7, 11) is 0. The molecule has 0 radical (unpaired) electrons. The lowest BCUT2D eigenvalue weighted by Crippen LogP contribution is -2.32. The van der Waals surface area contributed by atoms with Crippen LogP contribution in [0.4, 0.5) is 0 Å². The number of rotatable bonds is 6. The molecule has 2 aromatic rings. The third-order valence-electron chi connectivity index (χ3n) is 6.75. The Morgan fingerprint density at radius 2 is 1.30 bits per heavy atom. The second-order valence-corrected chi connectivity index (χ2v) is 8.50. The van der Waals surface area contributed by atoms with Crippen molar-refractivity contribution in [3.05, 3.63) is 71.8 Å². The quantitative estimate of drug-likeness (QED) is 0.691. The summed E-state index contributed by atoms with van der Waals surface area (Å²) in [4.78, 5) is 2.69. The van der Waals surface area contributed by atoms with Gasteiger partial charge in [-0.05, 0) is 68.0 Å². The molecule has 1 aliphatic carbocycles. The smallest absolute Gasteiger partial charge is 0.107 e. The average molecular weight is 359 g/mol. The molecule has 1 saturated carbocycles. The van der Waals surface area contributed by atoms with Gasteiger partial charge in [-0.15, -0.1) is 0 Å². The molecule has 2 aromatic carbocycles. The van der Waals surface area contributed by atoms with E-state index in [2.05, 4.69) is 59.5 Å². The maximum Gasteiger partial charge on any atom is 0.107 e. The molecule has 0 spiro atoms. The van der Waals surface area contributed by atoms with Crippen molar-refractivity contribution in [2.24, 2.45) is 11.8 Å². The first-order valence-corrected chi connectivity index (χ1v) is 10.5. The molecule has 0 unspecified atom stereocenters. The Morgan fingerprint density at radius 3 is 1.74 bits per heavy atom. The van der Waals surface area contributed by atoms with Crippen molar-refractivity contribution >= 4 is 0 Å². The maximum absolute atomic E-state index is 10.3. The highest BCUT2D eigenvalue weighted by atomic mass is 15.1. The Hall–Kier alpha value is -2.11. The van der Waals surface area contributed by atoms with Gasteiger partial charge in [-0.25, -0.2) is 0 Å². The first kappa shape index (κ1) is 18.3. The fourth-order valence-electron chi connectivity index (χ4n) is 5.24. The summed E-state index contributed by atoms with van der Waals surface area (Å²) in [5.41, 5.74) is 1.69. The van der Waals surface area contributed by atoms with E-state index >= 15 is 0 Å². The molecule has 0 aromatic heterocycles. The minimum absolute atomic E-state index is 0.548. The molecule has 3 fully saturated rings. The van der Waals surface area contributed by atoms with Gasteiger partial charge >= 0.3 is 0 Å². The van der Waals surface area contributed by atoms with Crippen LogP contribution in [0.1, 0.15) is 49.7 Å². The van der Waals surface area contributed by atoms with Gasteiger partial charge in [0.15, 0.2) is 0 Å². The van der Waals surface area contributed by atoms with Gasteiger partial charge in [0.1, 0.15) is 5.41 Å². The zero-order chi connectivity index (χ0) is 18.5. The van der Waals surface area contributed by atoms with Crippen molar-refractivity contribution < 1.29 is 0 Å². The Bertz CT molecular complexity index is 700. The molecule has 2 aliphatic heterocycles. The minimum atomic E-state index is -0.548. The zero-order valence-electron chi connectivity index (χ0n) is 16.2. The first-order valence-electron chi connectivity index (χ1n) is 10.5. The van der Waals surface area contributed by atoms with Crippen molar-refractivity contribution in [3.8, 4) is 6.07 Å². The van der Waals surface area contributed by atoms with Gasteiger partial charge < -0.3 is 4.90 Å². The van der Waals surface area contributed by atoms with Crippen molar-refractivity contribution in [1.82, 2.24) is 4.90 Å². The van der Waals surface area contributed by atoms with E-state index in [0.717, 1.165) is 42.3 Å². The van der Waals surface area contributed by atoms with Crippen LogP contribution in [-0.4, -0.2) is 24.5 Å². The topological polar surface area (TPSA) is 27.0 Å². The second-order valence-electron chi connectivity index (χ2n) is 8.50. The number of nitrogens with zero attached hydrogens (tertiary/aromatic N) is 2. The molecule has 3 aliphatic rings. The summed E-state index contributed by atoms with van der Waals surface area (Å²) < 4.78 is 0. The first-order chi connectivity index (χ1) is 13.3. The van der Waals surface area contributed by atoms with Crippen LogP contribution in [0.3, 0.4) is 0 Å². The largest absolute Gasteiger partial charge is 0.303 e. The van der Waals surface area contributed by atoms with Crippen LogP contribution in [0.5, 0.6) is 0 Å². The third-order valence-corrected chi connectivity index (χ3v) is 6.75. The molecule has 2 bridgehead atoms. The molecule has 0 amide bonds. The number of fused-ring (bicyclic) bond motifs is 4. The normalized spacial score (nSPS) is 22.9. The zero-order valence-corrected chi connectivity index (χ0v) is 16.2. The monoisotopic (exact) mass is 358 g/mol. The second kappa shape index (κ2) is 8.28. The molecule has 2 heterocycles. The van der Waals surface area contributed by atoms with E-state index in [1.54, 1.807) is 0 Å². The van der Waals surface area contributed by atoms with Gasteiger partial charge in [-0.3, -0.25) is 0 Å². The number of hydrogen-bond donors (Lipinski definition) is 0. The molecule has 2 saturated heterocycles. The molecule has 140 valence electrons. The lowest BCUT2D eigenvalue weighted by atomic mass is 9.72. The highest BCUT2D eigenvalue weighted by Gasteiger charge is 2.35. The van der Waals surface area contributed by atoms with Crippen LogP contribution in [0, 0.1) is 23.2 Å². The molecule has 27 heavy (non-hydrogen) atoms. The van der Waals surface area contributed by atoms with Gasteiger partial charge in [0.2, 0.25) is 0 Å². The van der Waals surface area contributed by atoms with Crippen LogP contribution in [0.2, 0.25) is 0 Å². The summed E-state index contributed by atoms with van der Waals surface area (Å²) in [5.74, 6) is 1.82. The fourth-order valence-corrected chi connectivity index (χ4v) is 5.24. The number of nitriles is 1. The van der Waals surface area contributed by atoms with Crippen LogP contribution >= 0.6 is 0 Å². The van der Waals surface area contributed by atoms with Crippen molar-refractivity contribution in [1.29, 1.82) is 5.26 Å². The number of hydrogen-bond acceptors (Lipinski definition) is 2. The summed E-state index contributed by atoms with van der Waals surface area (Å²) >= 11 is 0. The van der Waals surface area contributed by atoms with Crippen LogP contribution in [0.25, 0.3) is 0 Å². The van der Waals surface area contributed by atoms with E-state index in [-0.39, 0.29) is 0 Å². The van der Waals surface area contributed by atoms with Crippen molar-refractivity contribution in [2.75, 3.05) is 19.6 Å². The van der Waals surface area contributed by atoms with Crippen LogP contribution in [-0.2, 0) is 5.41 Å². The van der Waals surface area contributed by atoms with Crippen LogP contribution < -0.4 is 0 Å². The van der Waals surface area contributed by atoms with E-state index in [0.29, 0.717) is 0 Å². The number of benzene rings is 2. The minimum Gasteiger partial charge on any atom is -0.303 e. The fraction of sp³-hybridized carbons (Fsp3) is 0.480. The van der Waals surface area contributed by atoms with Gasteiger partial charge in [-0.2, -0.15) is 5.26 Å². The van der Waals surface area contributed by atoms with E-state index in [1.165, 1.54) is 38.8 Å². The molecule has 2 nitrogen and oxygen atoms in total. The predicted octanol–water partition coefficient (Wildman–Crippen LogP) is 5.40. The Labute approximate surface area is 163 Å². The van der Waals surface area contributed by atoms with Gasteiger partial charge in [0.25, 0.3) is 0 Å². The van der Waals surface area contributed by atoms with Crippen LogP contribution in [0.15, 0.2) is 60.7 Å². The standard InChI is InChI=1S/C25H30N2/c26-20-25(23-8-3-1-4-9-23,24-10-5-2-6-11-24)16-7-17-27-18-21-12-13-22(19-27)15-14-21/h1-6,8-11,21-22H,7,12-19H2. The Morgan fingerprint density at radius 1 is 0.815 bits per heavy atom. The lowest BCUT2D eigenvalue weighted by Gasteiger charge is -2.30. The SMILES string of the molecule is N#CC(CCCN1CC2CCC(CC2)C1)(c1ccccc1)c1ccccc1. The molecule has 0 N–H and O–H groups in total. The summed E-state index contributed by atoms with van der Waals surface area (Å²) in [6.07, 6.45) is 7.66. The lowest BCUT2D eigenvalue weighted by molar-refractivity contribution is 0.244. The summed E-state index contributed by atoms with van der Waals surface area (Å²) in [6.45, 7) is 3.66. The molecular weight excluding hydrogens is 328 g/mol. The Balaban J connectivity index is 1.51. The van der Waals surface area contributed by atoms with Crippen molar-refractivity contribution in [2.45, 2.75) is 43.9 Å². The van der Waals surface area contributed by atoms with Gasteiger partial charge in [0, 0.05) is 13.1 Å². The van der Waals surface area contributed by atoms with E-state index in [4.69, 9.17) is 0 Å². The summed E-state index contributed by atoms with van der Waals surface area (Å²) in [6, 6.07) is 23.4. The molecule has 2 heteroatoms. The highest BCUT2D eigenvalue weighted by molar-refractivity contribution is 5.45. The predicted molar refractivity (Wildman–Crippen MR) is 110 cm³/mol. The van der Waals surface area contributed by atoms with E-state index in [1.807, 2.05) is 12.1 Å². The molecule has 5 rings (SSSR count). The maximum atomic E-state index is 10.3. The molecular formula is C25H30N2. The van der Waals surface area contributed by atoms with Crippen molar-refractivity contribution in [3.63, 3.8) is 0 Å². The summed E-state index contributed by atoms with van der Waals surface area (Å²) in [5, 5.41) is 10.3. The Kier molecular flexibility index (Phi) is 5.60. The van der Waals surface area contributed by atoms with E-state index in [9.17, 15) is 5.26 Å².